The van der Waals surface area contributed by atoms with E-state index >= 15 is 0 Å². The molecule has 24 heavy (non-hydrogen) atoms. The molecule has 0 unspecified atom stereocenters. The van der Waals surface area contributed by atoms with Crippen molar-refractivity contribution in [1.82, 2.24) is 0 Å². The molecule has 2 aromatic carbocycles. The molecule has 0 aliphatic carbocycles. The van der Waals surface area contributed by atoms with E-state index in [2.05, 4.69) is 5.32 Å². The highest BCUT2D eigenvalue weighted by Gasteiger charge is 2.43. The van der Waals surface area contributed by atoms with Crippen LogP contribution in [0.3, 0.4) is 0 Å². The summed E-state index contributed by atoms with van der Waals surface area (Å²) < 4.78 is 34.1. The molecular formula is C19H19F2NO2. The normalized spacial score (nSPS) is 28.6. The van der Waals surface area contributed by atoms with Gasteiger partial charge in [-0.25, -0.2) is 8.78 Å². The van der Waals surface area contributed by atoms with Crippen LogP contribution in [0.15, 0.2) is 42.5 Å². The molecule has 4 atom stereocenters. The molecule has 5 heteroatoms. The van der Waals surface area contributed by atoms with Gasteiger partial charge in [0.2, 0.25) is 0 Å². The minimum Gasteiger partial charge on any atom is -0.394 e. The third-order valence-corrected chi connectivity index (χ3v) is 5.03. The number of rotatable bonds is 2. The first-order valence-electron chi connectivity index (χ1n) is 8.24. The van der Waals surface area contributed by atoms with E-state index < -0.39 is 17.7 Å². The SMILES string of the molecule is OC[C@H]1CC[C@@H]2[C@H](O1)c1cc(F)cc(F)c1N[C@H]2c1ccccc1. The van der Waals surface area contributed by atoms with Gasteiger partial charge in [-0.2, -0.15) is 0 Å². The molecule has 0 bridgehead atoms. The first kappa shape index (κ1) is 15.5. The van der Waals surface area contributed by atoms with Crippen molar-refractivity contribution >= 4 is 5.69 Å². The molecule has 0 aromatic heterocycles. The number of aliphatic hydroxyl groups is 1. The fourth-order valence-corrected chi connectivity index (χ4v) is 3.91. The van der Waals surface area contributed by atoms with Gasteiger partial charge in [0.15, 0.2) is 0 Å². The zero-order chi connectivity index (χ0) is 16.7. The molecule has 2 heterocycles. The molecule has 2 aliphatic rings. The highest BCUT2D eigenvalue weighted by Crippen LogP contribution is 2.50. The Morgan fingerprint density at radius 1 is 1.12 bits per heavy atom. The maximum absolute atomic E-state index is 14.4. The zero-order valence-electron chi connectivity index (χ0n) is 13.1. The molecule has 1 saturated heterocycles. The maximum Gasteiger partial charge on any atom is 0.149 e. The van der Waals surface area contributed by atoms with Crippen molar-refractivity contribution in [2.45, 2.75) is 31.1 Å². The molecule has 0 radical (unpaired) electrons. The van der Waals surface area contributed by atoms with Gasteiger partial charge < -0.3 is 15.2 Å². The fourth-order valence-electron chi connectivity index (χ4n) is 3.91. The third kappa shape index (κ3) is 2.58. The number of halogens is 2. The van der Waals surface area contributed by atoms with Crippen LogP contribution in [0.4, 0.5) is 14.5 Å². The van der Waals surface area contributed by atoms with E-state index in [1.807, 2.05) is 30.3 Å². The van der Waals surface area contributed by atoms with Gasteiger partial charge >= 0.3 is 0 Å². The van der Waals surface area contributed by atoms with E-state index in [-0.39, 0.29) is 24.7 Å². The van der Waals surface area contributed by atoms with Gasteiger partial charge in [0.05, 0.1) is 30.5 Å². The van der Waals surface area contributed by atoms with Crippen LogP contribution in [0.5, 0.6) is 0 Å². The number of nitrogens with one attached hydrogen (secondary N) is 1. The van der Waals surface area contributed by atoms with Crippen molar-refractivity contribution in [2.75, 3.05) is 11.9 Å². The summed E-state index contributed by atoms with van der Waals surface area (Å²) >= 11 is 0. The average Bonchev–Trinajstić information content (AvgIpc) is 2.61. The van der Waals surface area contributed by atoms with Crippen LogP contribution in [-0.4, -0.2) is 17.8 Å². The predicted octanol–water partition coefficient (Wildman–Crippen LogP) is 3.96. The Morgan fingerprint density at radius 3 is 2.67 bits per heavy atom. The number of aliphatic hydroxyl groups excluding tert-OH is 1. The quantitative estimate of drug-likeness (QED) is 0.875. The summed E-state index contributed by atoms with van der Waals surface area (Å²) in [6.45, 7) is -0.0835. The average molecular weight is 331 g/mol. The van der Waals surface area contributed by atoms with E-state index in [9.17, 15) is 13.9 Å². The molecule has 4 rings (SSSR count). The molecule has 0 amide bonds. The number of hydrogen-bond donors (Lipinski definition) is 2. The van der Waals surface area contributed by atoms with Crippen LogP contribution in [0.2, 0.25) is 0 Å². The largest absolute Gasteiger partial charge is 0.394 e. The van der Waals surface area contributed by atoms with Gasteiger partial charge in [0, 0.05) is 17.5 Å². The Labute approximate surface area is 139 Å². The summed E-state index contributed by atoms with van der Waals surface area (Å²) in [5, 5.41) is 12.7. The van der Waals surface area contributed by atoms with Gasteiger partial charge in [0.25, 0.3) is 0 Å². The third-order valence-electron chi connectivity index (χ3n) is 5.03. The monoisotopic (exact) mass is 331 g/mol. The molecule has 2 N–H and O–H groups in total. The zero-order valence-corrected chi connectivity index (χ0v) is 13.1. The summed E-state index contributed by atoms with van der Waals surface area (Å²) in [6, 6.07) is 11.9. The van der Waals surface area contributed by atoms with E-state index in [0.717, 1.165) is 24.5 Å². The molecule has 126 valence electrons. The van der Waals surface area contributed by atoms with Gasteiger partial charge in [-0.05, 0) is 24.5 Å². The summed E-state index contributed by atoms with van der Waals surface area (Å²) in [5.41, 5.74) is 1.85. The summed E-state index contributed by atoms with van der Waals surface area (Å²) in [5.74, 6) is -1.16. The summed E-state index contributed by atoms with van der Waals surface area (Å²) in [6.07, 6.45) is 0.832. The van der Waals surface area contributed by atoms with E-state index in [1.54, 1.807) is 0 Å². The van der Waals surface area contributed by atoms with E-state index in [0.29, 0.717) is 11.3 Å². The van der Waals surface area contributed by atoms with E-state index in [4.69, 9.17) is 4.74 Å². The minimum absolute atomic E-state index is 0.0592. The predicted molar refractivity (Wildman–Crippen MR) is 86.6 cm³/mol. The second-order valence-electron chi connectivity index (χ2n) is 6.49. The Balaban J connectivity index is 1.80. The van der Waals surface area contributed by atoms with Gasteiger partial charge in [-0.3, -0.25) is 0 Å². The van der Waals surface area contributed by atoms with Crippen LogP contribution in [0.25, 0.3) is 0 Å². The molecule has 3 nitrogen and oxygen atoms in total. The van der Waals surface area contributed by atoms with Gasteiger partial charge in [-0.1, -0.05) is 30.3 Å². The van der Waals surface area contributed by atoms with Crippen molar-refractivity contribution in [3.8, 4) is 0 Å². The highest BCUT2D eigenvalue weighted by molar-refractivity contribution is 5.58. The minimum atomic E-state index is -0.612. The van der Waals surface area contributed by atoms with E-state index in [1.165, 1.54) is 6.07 Å². The van der Waals surface area contributed by atoms with Crippen molar-refractivity contribution in [3.05, 3.63) is 65.2 Å². The number of anilines is 1. The lowest BCUT2D eigenvalue weighted by Crippen LogP contribution is -2.40. The van der Waals surface area contributed by atoms with Crippen LogP contribution < -0.4 is 5.32 Å². The summed E-state index contributed by atoms with van der Waals surface area (Å²) in [7, 11) is 0. The number of benzene rings is 2. The fraction of sp³-hybridized carbons (Fsp3) is 0.368. The lowest BCUT2D eigenvalue weighted by molar-refractivity contribution is -0.110. The van der Waals surface area contributed by atoms with Crippen LogP contribution in [-0.2, 0) is 4.74 Å². The Bertz CT molecular complexity index is 738. The molecule has 0 saturated carbocycles. The summed E-state index contributed by atoms with van der Waals surface area (Å²) in [4.78, 5) is 0. The number of fused-ring (bicyclic) bond motifs is 3. The second kappa shape index (κ2) is 6.15. The van der Waals surface area contributed by atoms with Crippen LogP contribution in [0.1, 0.15) is 36.1 Å². The highest BCUT2D eigenvalue weighted by atomic mass is 19.1. The molecule has 2 aromatic rings. The van der Waals surface area contributed by atoms with Gasteiger partial charge in [0.1, 0.15) is 11.6 Å². The number of hydrogen-bond acceptors (Lipinski definition) is 3. The molecule has 2 aliphatic heterocycles. The first-order valence-corrected chi connectivity index (χ1v) is 8.24. The lowest BCUT2D eigenvalue weighted by atomic mass is 9.76. The second-order valence-corrected chi connectivity index (χ2v) is 6.49. The van der Waals surface area contributed by atoms with Crippen molar-refractivity contribution < 1.29 is 18.6 Å². The topological polar surface area (TPSA) is 41.5 Å². The Hall–Kier alpha value is -1.98. The maximum atomic E-state index is 14.4. The molecule has 0 spiro atoms. The standard InChI is InChI=1S/C19H19F2NO2/c20-12-8-15-18(16(21)9-12)22-17(11-4-2-1-3-5-11)14-7-6-13(10-23)24-19(14)15/h1-5,8-9,13-14,17,19,22-23H,6-7,10H2/t13-,14+,17+,19+/m1/s1. The van der Waals surface area contributed by atoms with Crippen molar-refractivity contribution in [2.24, 2.45) is 5.92 Å². The first-order chi connectivity index (χ1) is 11.7. The molecular weight excluding hydrogens is 312 g/mol. The van der Waals surface area contributed by atoms with Crippen LogP contribution in [0, 0.1) is 17.6 Å². The Morgan fingerprint density at radius 2 is 1.92 bits per heavy atom. The lowest BCUT2D eigenvalue weighted by Gasteiger charge is -2.45. The smallest absolute Gasteiger partial charge is 0.149 e. The molecule has 1 fully saturated rings. The van der Waals surface area contributed by atoms with Crippen molar-refractivity contribution in [3.63, 3.8) is 0 Å². The van der Waals surface area contributed by atoms with Crippen LogP contribution >= 0.6 is 0 Å². The number of ether oxygens (including phenoxy) is 1. The Kier molecular flexibility index (Phi) is 3.98. The van der Waals surface area contributed by atoms with Crippen molar-refractivity contribution in [1.29, 1.82) is 0 Å². The van der Waals surface area contributed by atoms with Gasteiger partial charge in [-0.15, -0.1) is 0 Å².